The summed E-state index contributed by atoms with van der Waals surface area (Å²) in [4.78, 5) is 31.5. The fourth-order valence-corrected chi connectivity index (χ4v) is 3.79. The van der Waals surface area contributed by atoms with Gasteiger partial charge in [-0.15, -0.1) is 0 Å². The summed E-state index contributed by atoms with van der Waals surface area (Å²) in [5, 5.41) is 23.2. The number of aliphatic hydroxyl groups excluding tert-OH is 2. The van der Waals surface area contributed by atoms with Gasteiger partial charge in [-0.25, -0.2) is 4.98 Å². The van der Waals surface area contributed by atoms with Crippen molar-refractivity contribution in [2.45, 2.75) is 51.2 Å². The van der Waals surface area contributed by atoms with Crippen LogP contribution >= 0.6 is 0 Å². The maximum absolute atomic E-state index is 12.3. The number of rotatable bonds is 11. The molecular weight excluding hydrogens is 434 g/mol. The Balaban J connectivity index is 1.47. The summed E-state index contributed by atoms with van der Waals surface area (Å²) < 4.78 is 0. The third-order valence-electron chi connectivity index (χ3n) is 5.56. The quantitative estimate of drug-likeness (QED) is 0.286. The number of anilines is 2. The fourth-order valence-electron chi connectivity index (χ4n) is 3.79. The van der Waals surface area contributed by atoms with Crippen LogP contribution in [0.2, 0.25) is 0 Å². The monoisotopic (exact) mass is 465 g/mol. The van der Waals surface area contributed by atoms with E-state index >= 15 is 0 Å². The standard InChI is InChI=1S/C25H31N5O4/c1-15(31)12-20(33)14-19(32)10-11-28-24(34)18-7-4-16(5-8-18)2-3-17-6-9-22-21(13-17)23(26)30-25(27)29-22/h4-9,13,19-20,32-33H,2-3,10-12,14H2,1H3,(H,28,34)(H4,26,27,29,30)/t19-,20+/m1/s1. The maximum atomic E-state index is 12.3. The van der Waals surface area contributed by atoms with E-state index in [2.05, 4.69) is 15.3 Å². The number of benzene rings is 2. The molecule has 0 unspecified atom stereocenters. The zero-order valence-electron chi connectivity index (χ0n) is 19.2. The molecular formula is C25H31N5O4. The lowest BCUT2D eigenvalue weighted by molar-refractivity contribution is -0.119. The molecule has 7 N–H and O–H groups in total. The minimum atomic E-state index is -0.866. The number of aromatic nitrogens is 2. The molecule has 0 aliphatic heterocycles. The molecule has 2 aromatic carbocycles. The predicted octanol–water partition coefficient (Wildman–Crippen LogP) is 1.79. The van der Waals surface area contributed by atoms with Gasteiger partial charge < -0.3 is 27.0 Å². The number of fused-ring (bicyclic) bond motifs is 1. The minimum Gasteiger partial charge on any atom is -0.393 e. The van der Waals surface area contributed by atoms with Crippen LogP contribution in [0, 0.1) is 0 Å². The molecule has 0 fully saturated rings. The number of nitrogens with two attached hydrogens (primary N) is 2. The van der Waals surface area contributed by atoms with E-state index in [4.69, 9.17) is 11.5 Å². The lowest BCUT2D eigenvalue weighted by atomic mass is 10.0. The summed E-state index contributed by atoms with van der Waals surface area (Å²) >= 11 is 0. The van der Waals surface area contributed by atoms with E-state index in [1.165, 1.54) is 6.92 Å². The van der Waals surface area contributed by atoms with Crippen molar-refractivity contribution in [3.63, 3.8) is 0 Å². The number of nitrogen functional groups attached to an aromatic ring is 2. The highest BCUT2D eigenvalue weighted by molar-refractivity contribution is 5.94. The topological polar surface area (TPSA) is 164 Å². The second-order valence-corrected chi connectivity index (χ2v) is 8.51. The van der Waals surface area contributed by atoms with Gasteiger partial charge in [-0.05, 0) is 68.0 Å². The van der Waals surface area contributed by atoms with Crippen molar-refractivity contribution >= 4 is 34.4 Å². The molecule has 0 aliphatic carbocycles. The molecule has 0 bridgehead atoms. The molecule has 1 amide bonds. The molecule has 1 heterocycles. The van der Waals surface area contributed by atoms with Gasteiger partial charge in [-0.1, -0.05) is 18.2 Å². The van der Waals surface area contributed by atoms with Crippen LogP contribution in [0.25, 0.3) is 10.9 Å². The highest BCUT2D eigenvalue weighted by atomic mass is 16.3. The number of ketones is 1. The lowest BCUT2D eigenvalue weighted by Crippen LogP contribution is -2.28. The number of aliphatic hydroxyl groups is 2. The molecule has 180 valence electrons. The summed E-state index contributed by atoms with van der Waals surface area (Å²) in [6.07, 6.45) is 0.355. The number of nitrogens with one attached hydrogen (secondary N) is 1. The molecule has 0 aliphatic rings. The number of nitrogens with zero attached hydrogens (tertiary/aromatic N) is 2. The van der Waals surface area contributed by atoms with E-state index in [0.717, 1.165) is 29.4 Å². The van der Waals surface area contributed by atoms with Crippen LogP contribution in [0.15, 0.2) is 42.5 Å². The van der Waals surface area contributed by atoms with E-state index in [1.807, 2.05) is 30.3 Å². The van der Waals surface area contributed by atoms with Crippen molar-refractivity contribution < 1.29 is 19.8 Å². The SMILES string of the molecule is CC(=O)C[C@H](O)C[C@H](O)CCNC(=O)c1ccc(CCc2ccc3nc(N)nc(N)c3c2)cc1. The van der Waals surface area contributed by atoms with Crippen LogP contribution in [-0.2, 0) is 17.6 Å². The van der Waals surface area contributed by atoms with Gasteiger partial charge in [-0.3, -0.25) is 9.59 Å². The Hall–Kier alpha value is -3.56. The normalized spacial score (nSPS) is 12.9. The summed E-state index contributed by atoms with van der Waals surface area (Å²) in [5.74, 6) is 0.159. The maximum Gasteiger partial charge on any atom is 0.251 e. The first-order chi connectivity index (χ1) is 16.2. The van der Waals surface area contributed by atoms with Crippen molar-refractivity contribution in [2.75, 3.05) is 18.0 Å². The van der Waals surface area contributed by atoms with Crippen LogP contribution in [0.5, 0.6) is 0 Å². The van der Waals surface area contributed by atoms with E-state index in [0.29, 0.717) is 23.3 Å². The first-order valence-electron chi connectivity index (χ1n) is 11.3. The van der Waals surface area contributed by atoms with Gasteiger partial charge in [0, 0.05) is 23.9 Å². The Labute approximate surface area is 198 Å². The molecule has 0 spiro atoms. The van der Waals surface area contributed by atoms with E-state index in [-0.39, 0.29) is 37.0 Å². The van der Waals surface area contributed by atoms with Crippen LogP contribution in [0.1, 0.15) is 47.7 Å². The number of aryl methyl sites for hydroxylation is 2. The van der Waals surface area contributed by atoms with Gasteiger partial charge in [-0.2, -0.15) is 4.98 Å². The molecule has 34 heavy (non-hydrogen) atoms. The van der Waals surface area contributed by atoms with Crippen molar-refractivity contribution in [2.24, 2.45) is 0 Å². The van der Waals surface area contributed by atoms with E-state index < -0.39 is 12.2 Å². The molecule has 0 radical (unpaired) electrons. The van der Waals surface area contributed by atoms with Crippen molar-refractivity contribution in [1.82, 2.24) is 15.3 Å². The highest BCUT2D eigenvalue weighted by Gasteiger charge is 2.14. The number of hydrogen-bond acceptors (Lipinski definition) is 8. The van der Waals surface area contributed by atoms with Crippen molar-refractivity contribution in [3.05, 3.63) is 59.2 Å². The number of carbonyl (C=O) groups excluding carboxylic acids is 2. The predicted molar refractivity (Wildman–Crippen MR) is 131 cm³/mol. The third kappa shape index (κ3) is 7.23. The lowest BCUT2D eigenvalue weighted by Gasteiger charge is -2.15. The number of Topliss-reactive ketones (excluding diaryl/α,β-unsaturated/α-hetero) is 1. The van der Waals surface area contributed by atoms with E-state index in [1.54, 1.807) is 12.1 Å². The highest BCUT2D eigenvalue weighted by Crippen LogP contribution is 2.21. The second kappa shape index (κ2) is 11.5. The molecule has 0 saturated heterocycles. The largest absolute Gasteiger partial charge is 0.393 e. The zero-order valence-corrected chi connectivity index (χ0v) is 19.2. The third-order valence-corrected chi connectivity index (χ3v) is 5.56. The van der Waals surface area contributed by atoms with Crippen LogP contribution in [0.4, 0.5) is 11.8 Å². The van der Waals surface area contributed by atoms with E-state index in [9.17, 15) is 19.8 Å². The Morgan fingerprint density at radius 1 is 0.971 bits per heavy atom. The summed E-state index contributed by atoms with van der Waals surface area (Å²) in [7, 11) is 0. The summed E-state index contributed by atoms with van der Waals surface area (Å²) in [5.41, 5.74) is 15.0. The van der Waals surface area contributed by atoms with Crippen molar-refractivity contribution in [1.29, 1.82) is 0 Å². The Bertz CT molecular complexity index is 1150. The Kier molecular flexibility index (Phi) is 8.50. The molecule has 9 heteroatoms. The fraction of sp³-hybridized carbons (Fsp3) is 0.360. The van der Waals surface area contributed by atoms with Crippen LogP contribution in [-0.4, -0.2) is 50.6 Å². The van der Waals surface area contributed by atoms with Crippen LogP contribution in [0.3, 0.4) is 0 Å². The first kappa shape index (κ1) is 25.1. The Morgan fingerprint density at radius 3 is 2.35 bits per heavy atom. The zero-order chi connectivity index (χ0) is 24.7. The number of carbonyl (C=O) groups is 2. The van der Waals surface area contributed by atoms with Gasteiger partial charge in [0.2, 0.25) is 5.95 Å². The molecule has 3 rings (SSSR count). The Morgan fingerprint density at radius 2 is 1.65 bits per heavy atom. The average Bonchev–Trinajstić information content (AvgIpc) is 2.77. The second-order valence-electron chi connectivity index (χ2n) is 8.51. The molecule has 1 aromatic heterocycles. The smallest absolute Gasteiger partial charge is 0.251 e. The summed E-state index contributed by atoms with van der Waals surface area (Å²) in [6, 6.07) is 13.2. The molecule has 3 aromatic rings. The van der Waals surface area contributed by atoms with Gasteiger partial charge in [0.1, 0.15) is 11.6 Å². The van der Waals surface area contributed by atoms with Gasteiger partial charge >= 0.3 is 0 Å². The molecule has 9 nitrogen and oxygen atoms in total. The average molecular weight is 466 g/mol. The van der Waals surface area contributed by atoms with Gasteiger partial charge in [0.05, 0.1) is 17.7 Å². The van der Waals surface area contributed by atoms with Crippen molar-refractivity contribution in [3.8, 4) is 0 Å². The number of hydrogen-bond donors (Lipinski definition) is 5. The van der Waals surface area contributed by atoms with Gasteiger partial charge in [0.15, 0.2) is 0 Å². The van der Waals surface area contributed by atoms with Crippen LogP contribution < -0.4 is 16.8 Å². The molecule has 2 atom stereocenters. The van der Waals surface area contributed by atoms with Gasteiger partial charge in [0.25, 0.3) is 5.91 Å². The number of amides is 1. The summed E-state index contributed by atoms with van der Waals surface area (Å²) in [6.45, 7) is 1.67. The first-order valence-corrected chi connectivity index (χ1v) is 11.3. The minimum absolute atomic E-state index is 0.0221. The molecule has 0 saturated carbocycles.